The number of nitrogens with two attached hydrogens (primary N) is 1. The Kier molecular flexibility index (Phi) is 2.56. The van der Waals surface area contributed by atoms with Gasteiger partial charge in [-0.3, -0.25) is 4.90 Å². The van der Waals surface area contributed by atoms with Crippen molar-refractivity contribution in [2.75, 3.05) is 12.3 Å². The van der Waals surface area contributed by atoms with Gasteiger partial charge in [-0.05, 0) is 37.3 Å². The smallest absolute Gasteiger partial charge is 0.0471 e. The van der Waals surface area contributed by atoms with Crippen molar-refractivity contribution in [2.24, 2.45) is 5.92 Å². The number of nitrogen functional groups attached to an aromatic ring is 1. The lowest BCUT2D eigenvalue weighted by molar-refractivity contribution is 0.206. The average molecular weight is 237 g/mol. The molecule has 0 spiro atoms. The molecule has 2 atom stereocenters. The Morgan fingerprint density at radius 1 is 1.38 bits per heavy atom. The molecule has 1 aromatic carbocycles. The molecule has 2 bridgehead atoms. The summed E-state index contributed by atoms with van der Waals surface area (Å²) in [4.78, 5) is 2.55. The zero-order valence-corrected chi connectivity index (χ0v) is 10.1. The first-order valence-corrected chi connectivity index (χ1v) is 6.39. The van der Waals surface area contributed by atoms with E-state index in [2.05, 4.69) is 4.90 Å². The van der Waals surface area contributed by atoms with Gasteiger partial charge in [-0.2, -0.15) is 0 Å². The lowest BCUT2D eigenvalue weighted by Gasteiger charge is -2.27. The fourth-order valence-corrected chi connectivity index (χ4v) is 3.41. The number of likely N-dealkylation sites (tertiary alicyclic amines) is 1. The second-order valence-electron chi connectivity index (χ2n) is 5.07. The number of nitrogens with zero attached hydrogens (tertiary/aromatic N) is 1. The van der Waals surface area contributed by atoms with Gasteiger partial charge in [0.05, 0.1) is 0 Å². The summed E-state index contributed by atoms with van der Waals surface area (Å²) in [5.41, 5.74) is 7.92. The number of anilines is 1. The standard InChI is InChI=1S/C13H17ClN2/c14-12-2-1-3-13(15)11(12)8-16-7-9-4-5-10(16)6-9/h1-3,9-10H,4-8,15H2. The van der Waals surface area contributed by atoms with Crippen LogP contribution in [0.5, 0.6) is 0 Å². The molecule has 1 aliphatic heterocycles. The first-order chi connectivity index (χ1) is 7.74. The Morgan fingerprint density at radius 2 is 2.25 bits per heavy atom. The Labute approximate surface area is 101 Å². The number of hydrogen-bond acceptors (Lipinski definition) is 2. The van der Waals surface area contributed by atoms with Crippen molar-refractivity contribution in [3.05, 3.63) is 28.8 Å². The summed E-state index contributed by atoms with van der Waals surface area (Å²) in [6, 6.07) is 6.56. The summed E-state index contributed by atoms with van der Waals surface area (Å²) >= 11 is 6.20. The van der Waals surface area contributed by atoms with E-state index in [0.717, 1.165) is 34.8 Å². The number of rotatable bonds is 2. The zero-order chi connectivity index (χ0) is 11.1. The van der Waals surface area contributed by atoms with Gasteiger partial charge in [-0.1, -0.05) is 17.7 Å². The predicted molar refractivity (Wildman–Crippen MR) is 67.4 cm³/mol. The lowest BCUT2D eigenvalue weighted by atomic mass is 10.1. The third kappa shape index (κ3) is 1.70. The van der Waals surface area contributed by atoms with Gasteiger partial charge in [0, 0.05) is 35.4 Å². The molecular formula is C13H17ClN2. The van der Waals surface area contributed by atoms with E-state index in [9.17, 15) is 0 Å². The highest BCUT2D eigenvalue weighted by Gasteiger charge is 2.37. The fraction of sp³-hybridized carbons (Fsp3) is 0.538. The highest BCUT2D eigenvalue weighted by molar-refractivity contribution is 6.31. The van der Waals surface area contributed by atoms with Gasteiger partial charge in [0.15, 0.2) is 0 Å². The van der Waals surface area contributed by atoms with Crippen LogP contribution < -0.4 is 5.73 Å². The molecule has 1 aromatic rings. The van der Waals surface area contributed by atoms with Gasteiger partial charge in [0.1, 0.15) is 0 Å². The Morgan fingerprint density at radius 3 is 2.88 bits per heavy atom. The quantitative estimate of drug-likeness (QED) is 0.801. The maximum atomic E-state index is 6.20. The highest BCUT2D eigenvalue weighted by Crippen LogP contribution is 2.39. The summed E-state index contributed by atoms with van der Waals surface area (Å²) in [5, 5.41) is 0.808. The molecule has 2 fully saturated rings. The van der Waals surface area contributed by atoms with Gasteiger partial charge in [0.2, 0.25) is 0 Å². The molecule has 2 N–H and O–H groups in total. The van der Waals surface area contributed by atoms with Crippen LogP contribution >= 0.6 is 11.6 Å². The zero-order valence-electron chi connectivity index (χ0n) is 9.32. The normalized spacial score (nSPS) is 28.8. The lowest BCUT2D eigenvalue weighted by Crippen LogP contribution is -2.31. The third-order valence-corrected chi connectivity index (χ3v) is 4.39. The van der Waals surface area contributed by atoms with Crippen LogP contribution in [-0.2, 0) is 6.54 Å². The molecule has 0 aromatic heterocycles. The van der Waals surface area contributed by atoms with Gasteiger partial charge < -0.3 is 5.73 Å². The fourth-order valence-electron chi connectivity index (χ4n) is 3.17. The molecule has 3 rings (SSSR count). The Bertz CT molecular complexity index is 385. The molecule has 3 heteroatoms. The minimum atomic E-state index is 0.778. The second kappa shape index (κ2) is 3.94. The van der Waals surface area contributed by atoms with Crippen LogP contribution in [0.4, 0.5) is 5.69 Å². The molecule has 0 amide bonds. The van der Waals surface area contributed by atoms with Crippen LogP contribution in [0.25, 0.3) is 0 Å². The van der Waals surface area contributed by atoms with E-state index in [1.807, 2.05) is 18.2 Å². The summed E-state index contributed by atoms with van der Waals surface area (Å²) in [7, 11) is 0. The van der Waals surface area contributed by atoms with Crippen molar-refractivity contribution in [3.8, 4) is 0 Å². The minimum absolute atomic E-state index is 0.778. The topological polar surface area (TPSA) is 29.3 Å². The monoisotopic (exact) mass is 236 g/mol. The van der Waals surface area contributed by atoms with Crippen molar-refractivity contribution in [3.63, 3.8) is 0 Å². The molecule has 1 saturated carbocycles. The van der Waals surface area contributed by atoms with Crippen LogP contribution in [0.15, 0.2) is 18.2 Å². The third-order valence-electron chi connectivity index (χ3n) is 4.04. The van der Waals surface area contributed by atoms with Crippen LogP contribution in [0.1, 0.15) is 24.8 Å². The largest absolute Gasteiger partial charge is 0.398 e. The predicted octanol–water partition coefficient (Wildman–Crippen LogP) is 2.91. The molecule has 1 heterocycles. The van der Waals surface area contributed by atoms with Gasteiger partial charge in [0.25, 0.3) is 0 Å². The Hall–Kier alpha value is -0.730. The molecule has 1 aliphatic carbocycles. The van der Waals surface area contributed by atoms with Gasteiger partial charge >= 0.3 is 0 Å². The van der Waals surface area contributed by atoms with Crippen LogP contribution in [-0.4, -0.2) is 17.5 Å². The number of halogens is 1. The SMILES string of the molecule is Nc1cccc(Cl)c1CN1CC2CCC1C2. The van der Waals surface area contributed by atoms with E-state index in [1.54, 1.807) is 0 Å². The molecule has 2 aliphatic rings. The van der Waals surface area contributed by atoms with Crippen LogP contribution in [0.2, 0.25) is 5.02 Å². The highest BCUT2D eigenvalue weighted by atomic mass is 35.5. The molecule has 0 radical (unpaired) electrons. The summed E-state index contributed by atoms with van der Waals surface area (Å²) in [6.07, 6.45) is 4.15. The molecule has 16 heavy (non-hydrogen) atoms. The Balaban J connectivity index is 1.79. The van der Waals surface area contributed by atoms with Gasteiger partial charge in [-0.25, -0.2) is 0 Å². The summed E-state index contributed by atoms with van der Waals surface area (Å²) in [6.45, 7) is 2.15. The molecule has 2 unspecified atom stereocenters. The molecule has 86 valence electrons. The van der Waals surface area contributed by atoms with E-state index in [0.29, 0.717) is 0 Å². The second-order valence-corrected chi connectivity index (χ2v) is 5.48. The number of fused-ring (bicyclic) bond motifs is 2. The van der Waals surface area contributed by atoms with Crippen molar-refractivity contribution < 1.29 is 0 Å². The van der Waals surface area contributed by atoms with Crippen molar-refractivity contribution in [1.29, 1.82) is 0 Å². The average Bonchev–Trinajstić information content (AvgIpc) is 2.85. The van der Waals surface area contributed by atoms with E-state index in [-0.39, 0.29) is 0 Å². The van der Waals surface area contributed by atoms with E-state index in [4.69, 9.17) is 17.3 Å². The molecule has 1 saturated heterocycles. The van der Waals surface area contributed by atoms with Crippen molar-refractivity contribution in [2.45, 2.75) is 31.8 Å². The summed E-state index contributed by atoms with van der Waals surface area (Å²) in [5.74, 6) is 0.925. The summed E-state index contributed by atoms with van der Waals surface area (Å²) < 4.78 is 0. The maximum Gasteiger partial charge on any atom is 0.0471 e. The number of piperidine rings is 1. The van der Waals surface area contributed by atoms with E-state index in [1.165, 1.54) is 25.8 Å². The van der Waals surface area contributed by atoms with Crippen molar-refractivity contribution >= 4 is 17.3 Å². The molecular weight excluding hydrogens is 220 g/mol. The number of benzene rings is 1. The van der Waals surface area contributed by atoms with Crippen LogP contribution in [0, 0.1) is 5.92 Å². The minimum Gasteiger partial charge on any atom is -0.398 e. The van der Waals surface area contributed by atoms with E-state index >= 15 is 0 Å². The first-order valence-electron chi connectivity index (χ1n) is 6.01. The van der Waals surface area contributed by atoms with Crippen molar-refractivity contribution in [1.82, 2.24) is 4.90 Å². The van der Waals surface area contributed by atoms with E-state index < -0.39 is 0 Å². The van der Waals surface area contributed by atoms with Gasteiger partial charge in [-0.15, -0.1) is 0 Å². The number of hydrogen-bond donors (Lipinski definition) is 1. The van der Waals surface area contributed by atoms with Crippen LogP contribution in [0.3, 0.4) is 0 Å². The first kappa shape index (κ1) is 10.4. The molecule has 2 nitrogen and oxygen atoms in total. The maximum absolute atomic E-state index is 6.20.